The van der Waals surface area contributed by atoms with Crippen LogP contribution in [0.15, 0.2) is 45.6 Å². The van der Waals surface area contributed by atoms with E-state index in [-0.39, 0.29) is 34.6 Å². The van der Waals surface area contributed by atoms with Gasteiger partial charge in [-0.2, -0.15) is 13.2 Å². The number of piperidine rings is 1. The minimum atomic E-state index is -4.99. The molecule has 176 valence electrons. The highest BCUT2D eigenvalue weighted by molar-refractivity contribution is 5.83. The number of alkyl halides is 3. The first-order valence-corrected chi connectivity index (χ1v) is 10.6. The van der Waals surface area contributed by atoms with Crippen molar-refractivity contribution < 1.29 is 32.2 Å². The van der Waals surface area contributed by atoms with Crippen LogP contribution in [0, 0.1) is 5.92 Å². The highest BCUT2D eigenvalue weighted by atomic mass is 19.4. The fourth-order valence-corrected chi connectivity index (χ4v) is 4.13. The highest BCUT2D eigenvalue weighted by Gasteiger charge is 2.41. The van der Waals surface area contributed by atoms with Crippen LogP contribution in [0.1, 0.15) is 31.1 Å². The van der Waals surface area contributed by atoms with Crippen molar-refractivity contribution in [1.29, 1.82) is 0 Å². The van der Waals surface area contributed by atoms with E-state index in [1.807, 2.05) is 4.90 Å². The van der Waals surface area contributed by atoms with E-state index in [1.54, 1.807) is 0 Å². The van der Waals surface area contributed by atoms with Crippen molar-refractivity contribution in [3.8, 4) is 23.0 Å². The zero-order chi connectivity index (χ0) is 23.8. The number of phenols is 1. The number of nitrogens with zero attached hydrogens (tertiary/aromatic N) is 1. The average molecular weight is 463 g/mol. The zero-order valence-corrected chi connectivity index (χ0v) is 18.2. The van der Waals surface area contributed by atoms with Crippen LogP contribution in [0.2, 0.25) is 0 Å². The van der Waals surface area contributed by atoms with Crippen LogP contribution in [0.4, 0.5) is 13.2 Å². The number of rotatable bonds is 5. The Balaban J connectivity index is 1.83. The Kier molecular flexibility index (Phi) is 6.25. The Morgan fingerprint density at radius 2 is 1.85 bits per heavy atom. The average Bonchev–Trinajstić information content (AvgIpc) is 2.77. The molecule has 1 aliphatic rings. The Bertz CT molecular complexity index is 1200. The van der Waals surface area contributed by atoms with Gasteiger partial charge >= 0.3 is 6.18 Å². The molecule has 1 aromatic heterocycles. The number of hydrogen-bond acceptors (Lipinski definition) is 6. The van der Waals surface area contributed by atoms with Gasteiger partial charge in [-0.3, -0.25) is 9.69 Å². The maximum atomic E-state index is 13.9. The number of aromatic hydroxyl groups is 1. The molecule has 2 heterocycles. The van der Waals surface area contributed by atoms with Gasteiger partial charge in [0.1, 0.15) is 22.8 Å². The fourth-order valence-electron chi connectivity index (χ4n) is 4.13. The number of likely N-dealkylation sites (tertiary alicyclic amines) is 1. The number of ether oxygens (including phenoxy) is 2. The number of halogens is 3. The van der Waals surface area contributed by atoms with Gasteiger partial charge in [-0.25, -0.2) is 0 Å². The lowest BCUT2D eigenvalue weighted by Gasteiger charge is -2.31. The molecule has 0 spiro atoms. The van der Waals surface area contributed by atoms with Gasteiger partial charge in [0.05, 0.1) is 18.1 Å². The molecule has 1 aliphatic heterocycles. The lowest BCUT2D eigenvalue weighted by molar-refractivity contribution is -0.154. The third kappa shape index (κ3) is 4.78. The summed E-state index contributed by atoms with van der Waals surface area (Å²) in [5.74, 6) is -1.79. The summed E-state index contributed by atoms with van der Waals surface area (Å²) in [6, 6.07) is 8.33. The number of hydrogen-bond donors (Lipinski definition) is 1. The molecule has 6 nitrogen and oxygen atoms in total. The molecule has 0 saturated carbocycles. The van der Waals surface area contributed by atoms with Gasteiger partial charge in [0.2, 0.25) is 11.2 Å². The van der Waals surface area contributed by atoms with E-state index in [1.165, 1.54) is 43.5 Å². The Morgan fingerprint density at radius 1 is 1.15 bits per heavy atom. The highest BCUT2D eigenvalue weighted by Crippen LogP contribution is 2.40. The molecular weight excluding hydrogens is 439 g/mol. The number of fused-ring (bicyclic) bond motifs is 1. The standard InChI is InChI=1S/C24H24F3NO5/c1-14-4-3-11-28(12-14)13-18-19(29)10-9-17-20(30)22(23(24(25,26)27)33-21(17)18)32-16-7-5-15(31-2)6-8-16/h5-10,14,29H,3-4,11-13H2,1-2H3/t14-/m1/s1. The van der Waals surface area contributed by atoms with Gasteiger partial charge in [0.15, 0.2) is 0 Å². The third-order valence-electron chi connectivity index (χ3n) is 5.76. The predicted octanol–water partition coefficient (Wildman–Crippen LogP) is 5.55. The lowest BCUT2D eigenvalue weighted by Crippen LogP contribution is -2.33. The second-order valence-corrected chi connectivity index (χ2v) is 8.29. The van der Waals surface area contributed by atoms with Crippen molar-refractivity contribution in [3.63, 3.8) is 0 Å². The Hall–Kier alpha value is -3.20. The van der Waals surface area contributed by atoms with Crippen molar-refractivity contribution >= 4 is 11.0 Å². The number of benzene rings is 2. The fraction of sp³-hybridized carbons (Fsp3) is 0.375. The summed E-state index contributed by atoms with van der Waals surface area (Å²) in [6.45, 7) is 3.76. The molecule has 9 heteroatoms. The molecule has 4 rings (SSSR count). The van der Waals surface area contributed by atoms with E-state index in [2.05, 4.69) is 6.92 Å². The second-order valence-electron chi connectivity index (χ2n) is 8.29. The van der Waals surface area contributed by atoms with Gasteiger partial charge in [0.25, 0.3) is 5.76 Å². The maximum Gasteiger partial charge on any atom is 0.453 e. The van der Waals surface area contributed by atoms with Crippen LogP contribution >= 0.6 is 0 Å². The van der Waals surface area contributed by atoms with E-state index >= 15 is 0 Å². The molecular formula is C24H24F3NO5. The van der Waals surface area contributed by atoms with Crippen LogP contribution < -0.4 is 14.9 Å². The van der Waals surface area contributed by atoms with E-state index in [0.717, 1.165) is 25.9 Å². The summed E-state index contributed by atoms with van der Waals surface area (Å²) in [4.78, 5) is 15.2. The smallest absolute Gasteiger partial charge is 0.453 e. The van der Waals surface area contributed by atoms with Gasteiger partial charge in [-0.05, 0) is 61.7 Å². The summed E-state index contributed by atoms with van der Waals surface area (Å²) < 4.78 is 57.4. The molecule has 0 bridgehead atoms. The molecule has 2 aromatic carbocycles. The SMILES string of the molecule is COc1ccc(Oc2c(C(F)(F)F)oc3c(CN4CCC[C@@H](C)C4)c(O)ccc3c2=O)cc1. The summed E-state index contributed by atoms with van der Waals surface area (Å²) in [7, 11) is 1.45. The minimum absolute atomic E-state index is 0.0225. The number of methoxy groups -OCH3 is 1. The van der Waals surface area contributed by atoms with Gasteiger partial charge < -0.3 is 19.0 Å². The van der Waals surface area contributed by atoms with Crippen LogP contribution in [-0.2, 0) is 12.7 Å². The number of phenolic OH excluding ortho intramolecular Hbond substituents is 1. The van der Waals surface area contributed by atoms with Crippen molar-refractivity contribution in [3.05, 3.63) is 57.9 Å². The molecule has 33 heavy (non-hydrogen) atoms. The first-order valence-electron chi connectivity index (χ1n) is 10.6. The molecule has 0 unspecified atom stereocenters. The molecule has 3 aromatic rings. The van der Waals surface area contributed by atoms with Crippen LogP contribution in [-0.4, -0.2) is 30.2 Å². The van der Waals surface area contributed by atoms with Crippen molar-refractivity contribution in [1.82, 2.24) is 4.90 Å². The molecule has 0 amide bonds. The first-order chi connectivity index (χ1) is 15.7. The van der Waals surface area contributed by atoms with Gasteiger partial charge in [-0.15, -0.1) is 0 Å². The summed E-state index contributed by atoms with van der Waals surface area (Å²) in [5, 5.41) is 10.3. The Morgan fingerprint density at radius 3 is 2.48 bits per heavy atom. The van der Waals surface area contributed by atoms with Crippen LogP contribution in [0.3, 0.4) is 0 Å². The third-order valence-corrected chi connectivity index (χ3v) is 5.76. The molecule has 0 radical (unpaired) electrons. The second kappa shape index (κ2) is 8.97. The minimum Gasteiger partial charge on any atom is -0.507 e. The Labute approximate surface area is 188 Å². The quantitative estimate of drug-likeness (QED) is 0.535. The monoisotopic (exact) mass is 463 g/mol. The summed E-state index contributed by atoms with van der Waals surface area (Å²) in [6.07, 6.45) is -2.97. The van der Waals surface area contributed by atoms with E-state index < -0.39 is 23.1 Å². The van der Waals surface area contributed by atoms with Crippen molar-refractivity contribution in [2.45, 2.75) is 32.5 Å². The topological polar surface area (TPSA) is 72.1 Å². The zero-order valence-electron chi connectivity index (χ0n) is 18.2. The summed E-state index contributed by atoms with van der Waals surface area (Å²) >= 11 is 0. The maximum absolute atomic E-state index is 13.9. The van der Waals surface area contributed by atoms with Gasteiger partial charge in [-0.1, -0.05) is 6.92 Å². The molecule has 1 atom stereocenters. The van der Waals surface area contributed by atoms with Crippen LogP contribution in [0.25, 0.3) is 11.0 Å². The van der Waals surface area contributed by atoms with E-state index in [4.69, 9.17) is 13.9 Å². The van der Waals surface area contributed by atoms with Crippen molar-refractivity contribution in [2.75, 3.05) is 20.2 Å². The summed E-state index contributed by atoms with van der Waals surface area (Å²) in [5.41, 5.74) is -1.10. The largest absolute Gasteiger partial charge is 0.507 e. The van der Waals surface area contributed by atoms with Crippen molar-refractivity contribution in [2.24, 2.45) is 5.92 Å². The molecule has 0 aliphatic carbocycles. The predicted molar refractivity (Wildman–Crippen MR) is 116 cm³/mol. The first kappa shape index (κ1) is 23.0. The van der Waals surface area contributed by atoms with E-state index in [9.17, 15) is 23.1 Å². The molecule has 1 fully saturated rings. The molecule has 1 saturated heterocycles. The normalized spacial score (nSPS) is 17.3. The van der Waals surface area contributed by atoms with Crippen LogP contribution in [0.5, 0.6) is 23.0 Å². The molecule has 1 N–H and O–H groups in total. The lowest BCUT2D eigenvalue weighted by atomic mass is 9.99. The van der Waals surface area contributed by atoms with E-state index in [0.29, 0.717) is 11.7 Å². The van der Waals surface area contributed by atoms with Gasteiger partial charge in [0, 0.05) is 13.1 Å².